The van der Waals surface area contributed by atoms with Gasteiger partial charge in [-0.2, -0.15) is 0 Å². The molecule has 1 amide bonds. The molecule has 0 aliphatic heterocycles. The van der Waals surface area contributed by atoms with E-state index in [0.717, 1.165) is 11.3 Å². The molecule has 0 bridgehead atoms. The van der Waals surface area contributed by atoms with Gasteiger partial charge in [0.05, 0.1) is 19.4 Å². The van der Waals surface area contributed by atoms with Gasteiger partial charge in [0, 0.05) is 6.04 Å². The van der Waals surface area contributed by atoms with Gasteiger partial charge >= 0.3 is 5.97 Å². The Bertz CT molecular complexity index is 455. The summed E-state index contributed by atoms with van der Waals surface area (Å²) in [6, 6.07) is 6.95. The first-order valence-corrected chi connectivity index (χ1v) is 6.64. The van der Waals surface area contributed by atoms with Crippen molar-refractivity contribution in [3.63, 3.8) is 0 Å². The maximum atomic E-state index is 12.2. The SMILES string of the molecule is CCC(C(=O)NC(C)CC(=O)O)c1ccc(OC)cc1. The van der Waals surface area contributed by atoms with Gasteiger partial charge in [-0.1, -0.05) is 19.1 Å². The Morgan fingerprint density at radius 3 is 2.35 bits per heavy atom. The molecule has 2 N–H and O–H groups in total. The molecule has 0 saturated carbocycles. The standard InChI is InChI=1S/C15H21NO4/c1-4-13(11-5-7-12(20-3)8-6-11)15(19)16-10(2)9-14(17)18/h5-8,10,13H,4,9H2,1-3H3,(H,16,19)(H,17,18). The van der Waals surface area contributed by atoms with E-state index in [4.69, 9.17) is 9.84 Å². The van der Waals surface area contributed by atoms with Crippen molar-refractivity contribution in [1.29, 1.82) is 0 Å². The largest absolute Gasteiger partial charge is 0.497 e. The van der Waals surface area contributed by atoms with Gasteiger partial charge in [0.2, 0.25) is 5.91 Å². The van der Waals surface area contributed by atoms with Crippen molar-refractivity contribution in [2.45, 2.75) is 38.6 Å². The molecule has 0 saturated heterocycles. The fraction of sp³-hybridized carbons (Fsp3) is 0.467. The number of carbonyl (C=O) groups is 2. The number of methoxy groups -OCH3 is 1. The minimum atomic E-state index is -0.921. The number of carbonyl (C=O) groups excluding carboxylic acids is 1. The molecular formula is C15H21NO4. The van der Waals surface area contributed by atoms with Crippen molar-refractivity contribution in [1.82, 2.24) is 5.32 Å². The van der Waals surface area contributed by atoms with E-state index in [2.05, 4.69) is 5.32 Å². The molecule has 2 atom stereocenters. The predicted molar refractivity (Wildman–Crippen MR) is 75.9 cm³/mol. The zero-order chi connectivity index (χ0) is 15.1. The molecule has 0 radical (unpaired) electrons. The van der Waals surface area contributed by atoms with Gasteiger partial charge in [0.15, 0.2) is 0 Å². The number of nitrogens with one attached hydrogen (secondary N) is 1. The first-order valence-electron chi connectivity index (χ1n) is 6.64. The molecule has 20 heavy (non-hydrogen) atoms. The Hall–Kier alpha value is -2.04. The smallest absolute Gasteiger partial charge is 0.305 e. The van der Waals surface area contributed by atoms with Crippen molar-refractivity contribution < 1.29 is 19.4 Å². The van der Waals surface area contributed by atoms with Crippen LogP contribution < -0.4 is 10.1 Å². The summed E-state index contributed by atoms with van der Waals surface area (Å²) in [5.74, 6) is -0.609. The third kappa shape index (κ3) is 4.57. The number of ether oxygens (including phenoxy) is 1. The van der Waals surface area contributed by atoms with E-state index in [-0.39, 0.29) is 24.3 Å². The van der Waals surface area contributed by atoms with Crippen LogP contribution >= 0.6 is 0 Å². The highest BCUT2D eigenvalue weighted by atomic mass is 16.5. The highest BCUT2D eigenvalue weighted by molar-refractivity contribution is 5.84. The second-order valence-electron chi connectivity index (χ2n) is 4.74. The van der Waals surface area contributed by atoms with Gasteiger partial charge in [-0.25, -0.2) is 0 Å². The summed E-state index contributed by atoms with van der Waals surface area (Å²) in [6.07, 6.45) is 0.572. The van der Waals surface area contributed by atoms with Crippen molar-refractivity contribution in [3.8, 4) is 5.75 Å². The van der Waals surface area contributed by atoms with Crippen LogP contribution in [0.25, 0.3) is 0 Å². The highest BCUT2D eigenvalue weighted by Crippen LogP contribution is 2.22. The minimum absolute atomic E-state index is 0.0786. The molecule has 1 rings (SSSR count). The van der Waals surface area contributed by atoms with E-state index in [1.165, 1.54) is 0 Å². The summed E-state index contributed by atoms with van der Waals surface area (Å²) >= 11 is 0. The third-order valence-electron chi connectivity index (χ3n) is 3.11. The molecule has 0 heterocycles. The summed E-state index contributed by atoms with van der Waals surface area (Å²) < 4.78 is 5.09. The predicted octanol–water partition coefficient (Wildman–Crippen LogP) is 2.17. The van der Waals surface area contributed by atoms with Crippen molar-refractivity contribution in [3.05, 3.63) is 29.8 Å². The summed E-state index contributed by atoms with van der Waals surface area (Å²) in [5.41, 5.74) is 0.897. The van der Waals surface area contributed by atoms with Crippen LogP contribution in [0.3, 0.4) is 0 Å². The van der Waals surface area contributed by atoms with Gasteiger partial charge in [0.25, 0.3) is 0 Å². The lowest BCUT2D eigenvalue weighted by molar-refractivity contribution is -0.137. The molecule has 0 aromatic heterocycles. The molecule has 0 spiro atoms. The summed E-state index contributed by atoms with van der Waals surface area (Å²) in [4.78, 5) is 22.8. The Kier molecular flexibility index (Phi) is 6.03. The molecule has 0 aliphatic rings. The second-order valence-corrected chi connectivity index (χ2v) is 4.74. The second kappa shape index (κ2) is 7.53. The van der Waals surface area contributed by atoms with E-state index in [1.54, 1.807) is 14.0 Å². The maximum absolute atomic E-state index is 12.2. The lowest BCUT2D eigenvalue weighted by atomic mass is 9.95. The molecule has 0 aliphatic carbocycles. The van der Waals surface area contributed by atoms with Gasteiger partial charge in [0.1, 0.15) is 5.75 Å². The summed E-state index contributed by atoms with van der Waals surface area (Å²) in [6.45, 7) is 3.61. The lowest BCUT2D eigenvalue weighted by Crippen LogP contribution is -2.37. The van der Waals surface area contributed by atoms with Crippen molar-refractivity contribution in [2.24, 2.45) is 0 Å². The number of hydrogen-bond donors (Lipinski definition) is 2. The molecule has 2 unspecified atom stereocenters. The minimum Gasteiger partial charge on any atom is -0.497 e. The van der Waals surface area contributed by atoms with Crippen LogP contribution in [0.15, 0.2) is 24.3 Å². The first kappa shape index (κ1) is 16.0. The molecule has 5 heteroatoms. The van der Waals surface area contributed by atoms with E-state index in [0.29, 0.717) is 6.42 Å². The first-order chi connectivity index (χ1) is 9.47. The average molecular weight is 279 g/mol. The van der Waals surface area contributed by atoms with Crippen LogP contribution in [0.4, 0.5) is 0 Å². The number of amides is 1. The number of aliphatic carboxylic acids is 1. The van der Waals surface area contributed by atoms with Gasteiger partial charge < -0.3 is 15.2 Å². The Balaban J connectivity index is 2.73. The molecule has 1 aromatic rings. The third-order valence-corrected chi connectivity index (χ3v) is 3.11. The van der Waals surface area contributed by atoms with Gasteiger partial charge in [-0.05, 0) is 31.0 Å². The number of rotatable bonds is 7. The highest BCUT2D eigenvalue weighted by Gasteiger charge is 2.21. The van der Waals surface area contributed by atoms with Crippen LogP contribution in [-0.4, -0.2) is 30.1 Å². The topological polar surface area (TPSA) is 75.6 Å². The number of benzene rings is 1. The zero-order valence-electron chi connectivity index (χ0n) is 12.1. The van der Waals surface area contributed by atoms with Crippen molar-refractivity contribution in [2.75, 3.05) is 7.11 Å². The molecule has 0 fully saturated rings. The van der Waals surface area contributed by atoms with E-state index in [9.17, 15) is 9.59 Å². The molecular weight excluding hydrogens is 258 g/mol. The van der Waals surface area contributed by atoms with Gasteiger partial charge in [-0.15, -0.1) is 0 Å². The van der Waals surface area contributed by atoms with Crippen LogP contribution in [0, 0.1) is 0 Å². The Morgan fingerprint density at radius 2 is 1.90 bits per heavy atom. The summed E-state index contributed by atoms with van der Waals surface area (Å²) in [7, 11) is 1.59. The van der Waals surface area contributed by atoms with Crippen molar-refractivity contribution >= 4 is 11.9 Å². The molecule has 110 valence electrons. The normalized spacial score (nSPS) is 13.3. The van der Waals surface area contributed by atoms with Crippen LogP contribution in [-0.2, 0) is 9.59 Å². The van der Waals surface area contributed by atoms with Crippen LogP contribution in [0.2, 0.25) is 0 Å². The lowest BCUT2D eigenvalue weighted by Gasteiger charge is -2.19. The quantitative estimate of drug-likeness (QED) is 0.802. The van der Waals surface area contributed by atoms with E-state index in [1.807, 2.05) is 31.2 Å². The number of carboxylic acid groups (broad SMARTS) is 1. The fourth-order valence-corrected chi connectivity index (χ4v) is 2.07. The van der Waals surface area contributed by atoms with Crippen LogP contribution in [0.1, 0.15) is 38.2 Å². The van der Waals surface area contributed by atoms with Crippen LogP contribution in [0.5, 0.6) is 5.75 Å². The zero-order valence-corrected chi connectivity index (χ0v) is 12.1. The molecule has 5 nitrogen and oxygen atoms in total. The number of hydrogen-bond acceptors (Lipinski definition) is 3. The van der Waals surface area contributed by atoms with E-state index >= 15 is 0 Å². The summed E-state index contributed by atoms with van der Waals surface area (Å²) in [5, 5.41) is 11.4. The van der Waals surface area contributed by atoms with E-state index < -0.39 is 5.97 Å². The number of carboxylic acids is 1. The Labute approximate surface area is 118 Å². The fourth-order valence-electron chi connectivity index (χ4n) is 2.07. The maximum Gasteiger partial charge on any atom is 0.305 e. The van der Waals surface area contributed by atoms with Gasteiger partial charge in [-0.3, -0.25) is 9.59 Å². The average Bonchev–Trinajstić information content (AvgIpc) is 2.39. The Morgan fingerprint density at radius 1 is 1.30 bits per heavy atom. The molecule has 1 aromatic carbocycles. The monoisotopic (exact) mass is 279 g/mol.